The Bertz CT molecular complexity index is 542. The van der Waals surface area contributed by atoms with Crippen LogP contribution in [-0.4, -0.2) is 39.7 Å². The minimum atomic E-state index is -0.148. The molecule has 122 valence electrons. The standard InChI is InChI=1S/C15H26N6O/c1-4-10(2)9-20(3)14-17-18-19-21(14)12-7-15(8-12)5-11(6-15)13(16)22/h10-12H,4-9H2,1-3H3,(H2,16,22). The molecule has 22 heavy (non-hydrogen) atoms. The van der Waals surface area contributed by atoms with E-state index in [0.29, 0.717) is 17.4 Å². The Balaban J connectivity index is 1.59. The van der Waals surface area contributed by atoms with Gasteiger partial charge in [0.15, 0.2) is 0 Å². The first-order chi connectivity index (χ1) is 10.4. The van der Waals surface area contributed by atoms with Crippen LogP contribution in [0.25, 0.3) is 0 Å². The van der Waals surface area contributed by atoms with Gasteiger partial charge in [-0.05, 0) is 47.4 Å². The topological polar surface area (TPSA) is 89.9 Å². The van der Waals surface area contributed by atoms with Gasteiger partial charge in [-0.2, -0.15) is 0 Å². The van der Waals surface area contributed by atoms with Crippen molar-refractivity contribution in [3.63, 3.8) is 0 Å². The van der Waals surface area contributed by atoms with Crippen molar-refractivity contribution < 1.29 is 4.79 Å². The maximum Gasteiger partial charge on any atom is 0.245 e. The third kappa shape index (κ3) is 2.57. The van der Waals surface area contributed by atoms with E-state index >= 15 is 0 Å². The Hall–Kier alpha value is -1.66. The zero-order valence-corrected chi connectivity index (χ0v) is 13.7. The summed E-state index contributed by atoms with van der Waals surface area (Å²) in [5.74, 6) is 1.41. The van der Waals surface area contributed by atoms with Gasteiger partial charge in [0.1, 0.15) is 0 Å². The van der Waals surface area contributed by atoms with E-state index in [2.05, 4.69) is 41.3 Å². The third-order valence-corrected chi connectivity index (χ3v) is 5.54. The highest BCUT2D eigenvalue weighted by molar-refractivity contribution is 5.77. The van der Waals surface area contributed by atoms with Gasteiger partial charge in [-0.25, -0.2) is 4.68 Å². The molecule has 2 aliphatic rings. The summed E-state index contributed by atoms with van der Waals surface area (Å²) < 4.78 is 1.96. The molecule has 1 heterocycles. The predicted octanol–water partition coefficient (Wildman–Crippen LogP) is 1.37. The number of carbonyl (C=O) groups excluding carboxylic acids is 1. The lowest BCUT2D eigenvalue weighted by molar-refractivity contribution is -0.137. The molecule has 7 heteroatoms. The van der Waals surface area contributed by atoms with Crippen molar-refractivity contribution in [2.75, 3.05) is 18.5 Å². The Morgan fingerprint density at radius 2 is 2.14 bits per heavy atom. The fourth-order valence-electron chi connectivity index (χ4n) is 3.99. The van der Waals surface area contributed by atoms with E-state index in [9.17, 15) is 4.79 Å². The van der Waals surface area contributed by atoms with Gasteiger partial charge in [0.25, 0.3) is 0 Å². The number of anilines is 1. The molecular formula is C15H26N6O. The summed E-state index contributed by atoms with van der Waals surface area (Å²) in [4.78, 5) is 13.3. The number of nitrogens with two attached hydrogens (primary N) is 1. The smallest absolute Gasteiger partial charge is 0.245 e. The molecule has 0 saturated heterocycles. The molecule has 2 fully saturated rings. The second kappa shape index (κ2) is 5.52. The van der Waals surface area contributed by atoms with Crippen LogP contribution in [0.1, 0.15) is 52.0 Å². The molecule has 2 saturated carbocycles. The van der Waals surface area contributed by atoms with E-state index < -0.39 is 0 Å². The number of aromatic nitrogens is 4. The maximum atomic E-state index is 11.2. The summed E-state index contributed by atoms with van der Waals surface area (Å²) in [6.45, 7) is 5.39. The second-order valence-corrected chi connectivity index (χ2v) is 7.39. The molecule has 0 bridgehead atoms. The largest absolute Gasteiger partial charge is 0.369 e. The number of nitrogens with zero attached hydrogens (tertiary/aromatic N) is 5. The summed E-state index contributed by atoms with van der Waals surface area (Å²) in [6.07, 6.45) is 5.16. The number of tetrazole rings is 1. The van der Waals surface area contributed by atoms with Gasteiger partial charge in [0.05, 0.1) is 6.04 Å². The highest BCUT2D eigenvalue weighted by Gasteiger charge is 2.55. The van der Waals surface area contributed by atoms with Crippen molar-refractivity contribution in [1.82, 2.24) is 20.2 Å². The number of primary amides is 1. The molecule has 7 nitrogen and oxygen atoms in total. The van der Waals surface area contributed by atoms with E-state index in [4.69, 9.17) is 5.73 Å². The lowest BCUT2D eigenvalue weighted by Crippen LogP contribution is -2.52. The van der Waals surface area contributed by atoms with E-state index in [1.165, 1.54) is 0 Å². The predicted molar refractivity (Wildman–Crippen MR) is 83.2 cm³/mol. The minimum Gasteiger partial charge on any atom is -0.369 e. The average molecular weight is 306 g/mol. The first-order valence-electron chi connectivity index (χ1n) is 8.22. The average Bonchev–Trinajstić information content (AvgIpc) is 2.84. The summed E-state index contributed by atoms with van der Waals surface area (Å²) >= 11 is 0. The lowest BCUT2D eigenvalue weighted by Gasteiger charge is -2.56. The minimum absolute atomic E-state index is 0.0855. The number of hydrogen-bond donors (Lipinski definition) is 1. The molecule has 0 aromatic carbocycles. The Labute approximate surface area is 131 Å². The molecule has 2 aliphatic carbocycles. The summed E-state index contributed by atoms with van der Waals surface area (Å²) in [5, 5.41) is 12.2. The number of rotatable bonds is 6. The fourth-order valence-corrected chi connectivity index (χ4v) is 3.99. The first kappa shape index (κ1) is 15.2. The van der Waals surface area contributed by atoms with Gasteiger partial charge in [-0.3, -0.25) is 4.79 Å². The van der Waals surface area contributed by atoms with Crippen LogP contribution in [0.15, 0.2) is 0 Å². The van der Waals surface area contributed by atoms with Crippen LogP contribution in [0.4, 0.5) is 5.95 Å². The fraction of sp³-hybridized carbons (Fsp3) is 0.867. The van der Waals surface area contributed by atoms with E-state index in [0.717, 1.165) is 44.6 Å². The molecule has 1 aromatic heterocycles. The second-order valence-electron chi connectivity index (χ2n) is 7.39. The van der Waals surface area contributed by atoms with Crippen molar-refractivity contribution in [3.8, 4) is 0 Å². The van der Waals surface area contributed by atoms with Crippen molar-refractivity contribution >= 4 is 11.9 Å². The van der Waals surface area contributed by atoms with Crippen molar-refractivity contribution in [3.05, 3.63) is 0 Å². The molecule has 1 spiro atoms. The van der Waals surface area contributed by atoms with Crippen LogP contribution in [0.5, 0.6) is 0 Å². The first-order valence-corrected chi connectivity index (χ1v) is 8.22. The van der Waals surface area contributed by atoms with Crippen molar-refractivity contribution in [1.29, 1.82) is 0 Å². The van der Waals surface area contributed by atoms with Gasteiger partial charge in [0, 0.05) is 19.5 Å². The van der Waals surface area contributed by atoms with Crippen LogP contribution in [-0.2, 0) is 4.79 Å². The lowest BCUT2D eigenvalue weighted by atomic mass is 9.50. The highest BCUT2D eigenvalue weighted by atomic mass is 16.1. The van der Waals surface area contributed by atoms with Gasteiger partial charge >= 0.3 is 0 Å². The highest BCUT2D eigenvalue weighted by Crippen LogP contribution is 2.62. The number of hydrogen-bond acceptors (Lipinski definition) is 5. The number of amides is 1. The van der Waals surface area contributed by atoms with E-state index in [1.54, 1.807) is 0 Å². The normalized spacial score (nSPS) is 31.4. The van der Waals surface area contributed by atoms with Crippen molar-refractivity contribution in [2.24, 2.45) is 23.0 Å². The Morgan fingerprint density at radius 1 is 1.45 bits per heavy atom. The molecule has 3 rings (SSSR count). The molecule has 1 aromatic rings. The quantitative estimate of drug-likeness (QED) is 0.857. The van der Waals surface area contributed by atoms with Gasteiger partial charge in [0.2, 0.25) is 11.9 Å². The zero-order valence-electron chi connectivity index (χ0n) is 13.7. The van der Waals surface area contributed by atoms with Crippen LogP contribution in [0.2, 0.25) is 0 Å². The monoisotopic (exact) mass is 306 g/mol. The summed E-state index contributed by atoms with van der Waals surface area (Å²) in [5.41, 5.74) is 5.69. The van der Waals surface area contributed by atoms with Crippen LogP contribution in [0, 0.1) is 17.3 Å². The van der Waals surface area contributed by atoms with Gasteiger partial charge in [-0.1, -0.05) is 25.4 Å². The van der Waals surface area contributed by atoms with E-state index in [-0.39, 0.29) is 11.8 Å². The van der Waals surface area contributed by atoms with E-state index in [1.807, 2.05) is 4.68 Å². The van der Waals surface area contributed by atoms with Gasteiger partial charge in [-0.15, -0.1) is 0 Å². The molecule has 2 N–H and O–H groups in total. The molecule has 1 amide bonds. The maximum absolute atomic E-state index is 11.2. The molecule has 1 atom stereocenters. The molecule has 1 unspecified atom stereocenters. The van der Waals surface area contributed by atoms with Crippen LogP contribution >= 0.6 is 0 Å². The Morgan fingerprint density at radius 3 is 2.73 bits per heavy atom. The molecule has 0 aliphatic heterocycles. The summed E-state index contributed by atoms with van der Waals surface area (Å²) in [7, 11) is 2.05. The Kier molecular flexibility index (Phi) is 3.82. The molecule has 0 radical (unpaired) electrons. The van der Waals surface area contributed by atoms with Crippen LogP contribution < -0.4 is 10.6 Å². The summed E-state index contributed by atoms with van der Waals surface area (Å²) in [6, 6.07) is 0.359. The van der Waals surface area contributed by atoms with Crippen molar-refractivity contribution in [2.45, 2.75) is 52.0 Å². The zero-order chi connectivity index (χ0) is 15.9. The number of carbonyl (C=O) groups is 1. The van der Waals surface area contributed by atoms with Crippen LogP contribution in [0.3, 0.4) is 0 Å². The SMILES string of the molecule is CCC(C)CN(C)c1nnnn1C1CC2(CC(C(N)=O)C2)C1. The van der Waals surface area contributed by atoms with Gasteiger partial charge < -0.3 is 10.6 Å². The third-order valence-electron chi connectivity index (χ3n) is 5.54. The molecular weight excluding hydrogens is 280 g/mol.